The normalized spacial score (nSPS) is 16.5. The van der Waals surface area contributed by atoms with Gasteiger partial charge in [-0.05, 0) is 68.9 Å². The number of fused-ring (bicyclic) bond motifs is 1. The highest BCUT2D eigenvalue weighted by Crippen LogP contribution is 2.38. The molecule has 0 unspecified atom stereocenters. The summed E-state index contributed by atoms with van der Waals surface area (Å²) in [7, 11) is 2.14. The minimum Gasteiger partial charge on any atom is -0.473 e. The summed E-state index contributed by atoms with van der Waals surface area (Å²) in [6.45, 7) is 6.71. The monoisotopic (exact) mass is 613 g/mol. The number of anilines is 2. The van der Waals surface area contributed by atoms with Gasteiger partial charge >= 0.3 is 0 Å². The summed E-state index contributed by atoms with van der Waals surface area (Å²) in [6, 6.07) is 12.8. The van der Waals surface area contributed by atoms with Crippen LogP contribution in [0.2, 0.25) is 5.02 Å². The molecule has 2 aliphatic heterocycles. The zero-order chi connectivity index (χ0) is 30.8. The summed E-state index contributed by atoms with van der Waals surface area (Å²) in [5.74, 6) is -0.447. The molecule has 4 aromatic rings. The number of pyridine rings is 1. The van der Waals surface area contributed by atoms with Gasteiger partial charge in [0.2, 0.25) is 11.8 Å². The van der Waals surface area contributed by atoms with E-state index >= 15 is 0 Å². The van der Waals surface area contributed by atoms with Gasteiger partial charge in [-0.15, -0.1) is 0 Å². The zero-order valence-corrected chi connectivity index (χ0v) is 25.2. The third-order valence-electron chi connectivity index (χ3n) is 8.46. The van der Waals surface area contributed by atoms with Crippen LogP contribution in [0, 0.1) is 17.1 Å². The number of aromatic nitrogens is 3. The summed E-state index contributed by atoms with van der Waals surface area (Å²) in [6.07, 6.45) is 8.33. The molecule has 9 nitrogen and oxygen atoms in total. The highest BCUT2D eigenvalue weighted by Gasteiger charge is 2.26. The first kappa shape index (κ1) is 29.6. The number of benzene rings is 2. The second-order valence-electron chi connectivity index (χ2n) is 11.4. The highest BCUT2D eigenvalue weighted by molar-refractivity contribution is 6.31. The van der Waals surface area contributed by atoms with Crippen LogP contribution in [0.15, 0.2) is 61.4 Å². The third-order valence-corrected chi connectivity index (χ3v) is 8.75. The standard InChI is InChI=1S/C33H33ClFN7O2/c1-3-31(43)41-14-10-25(11-15-41)44-33-27(18-36)32(38-23-5-7-29(35)28(34)17-23)26-6-4-21(16-30(26)39-33)22-19-37-42(20-22)24-8-12-40(2)13-9-24/h3-7,16-17,19-20,24-25H,1,8-15H2,2H3,(H,38,39). The average molecular weight is 614 g/mol. The van der Waals surface area contributed by atoms with E-state index in [1.54, 1.807) is 11.0 Å². The topological polar surface area (TPSA) is 99.3 Å². The lowest BCUT2D eigenvalue weighted by molar-refractivity contribution is -0.127. The number of nitriles is 1. The van der Waals surface area contributed by atoms with Crippen molar-refractivity contribution in [1.82, 2.24) is 24.6 Å². The van der Waals surface area contributed by atoms with Crippen LogP contribution in [-0.2, 0) is 4.79 Å². The summed E-state index contributed by atoms with van der Waals surface area (Å²) in [5, 5.41) is 18.9. The molecule has 0 radical (unpaired) electrons. The van der Waals surface area contributed by atoms with Crippen LogP contribution in [0.5, 0.6) is 5.88 Å². The van der Waals surface area contributed by atoms with E-state index in [9.17, 15) is 14.4 Å². The van der Waals surface area contributed by atoms with Crippen LogP contribution in [-0.4, -0.2) is 69.8 Å². The van der Waals surface area contributed by atoms with E-state index < -0.39 is 5.82 Å². The average Bonchev–Trinajstić information content (AvgIpc) is 3.53. The number of carbonyl (C=O) groups is 1. The molecule has 0 spiro atoms. The van der Waals surface area contributed by atoms with Crippen molar-refractivity contribution >= 4 is 39.8 Å². The van der Waals surface area contributed by atoms with Crippen molar-refractivity contribution in [3.63, 3.8) is 0 Å². The number of piperidine rings is 2. The first-order chi connectivity index (χ1) is 21.3. The lowest BCUT2D eigenvalue weighted by atomic mass is 10.0. The van der Waals surface area contributed by atoms with Crippen molar-refractivity contribution in [2.45, 2.75) is 37.8 Å². The molecule has 4 heterocycles. The third kappa shape index (κ3) is 6.11. The minimum absolute atomic E-state index is 0.0342. The fourth-order valence-corrected chi connectivity index (χ4v) is 6.07. The quantitative estimate of drug-likeness (QED) is 0.243. The molecule has 2 saturated heterocycles. The van der Waals surface area contributed by atoms with Crippen LogP contribution in [0.4, 0.5) is 15.8 Å². The maximum Gasteiger partial charge on any atom is 0.245 e. The summed E-state index contributed by atoms with van der Waals surface area (Å²) < 4.78 is 22.3. The van der Waals surface area contributed by atoms with Gasteiger partial charge in [-0.2, -0.15) is 10.4 Å². The summed E-state index contributed by atoms with van der Waals surface area (Å²) in [5.41, 5.74) is 3.77. The van der Waals surface area contributed by atoms with Gasteiger partial charge in [0.1, 0.15) is 23.6 Å². The number of halogens is 2. The minimum atomic E-state index is -0.534. The second-order valence-corrected chi connectivity index (χ2v) is 11.8. The van der Waals surface area contributed by atoms with Crippen LogP contribution in [0.3, 0.4) is 0 Å². The van der Waals surface area contributed by atoms with Crippen LogP contribution < -0.4 is 10.1 Å². The Morgan fingerprint density at radius 3 is 2.61 bits per heavy atom. The number of carbonyl (C=O) groups excluding carboxylic acids is 1. The second kappa shape index (κ2) is 12.6. The van der Waals surface area contributed by atoms with E-state index in [0.29, 0.717) is 54.3 Å². The predicted octanol–water partition coefficient (Wildman–Crippen LogP) is 6.33. The number of hydrogen-bond acceptors (Lipinski definition) is 7. The molecular formula is C33H33ClFN7O2. The number of ether oxygens (including phenoxy) is 1. The molecule has 2 aromatic heterocycles. The first-order valence-electron chi connectivity index (χ1n) is 14.7. The smallest absolute Gasteiger partial charge is 0.245 e. The number of hydrogen-bond donors (Lipinski definition) is 1. The van der Waals surface area contributed by atoms with E-state index in [1.165, 1.54) is 18.2 Å². The van der Waals surface area contributed by atoms with Gasteiger partial charge in [0.05, 0.1) is 28.5 Å². The zero-order valence-electron chi connectivity index (χ0n) is 24.5. The molecule has 44 heavy (non-hydrogen) atoms. The Morgan fingerprint density at radius 2 is 1.91 bits per heavy atom. The predicted molar refractivity (Wildman–Crippen MR) is 169 cm³/mol. The SMILES string of the molecule is C=CC(=O)N1CCC(Oc2nc3cc(-c4cnn(C5CCN(C)CC5)c4)ccc3c(Nc3ccc(F)c(Cl)c3)c2C#N)CC1. The van der Waals surface area contributed by atoms with Crippen molar-refractivity contribution in [3.8, 4) is 23.1 Å². The van der Waals surface area contributed by atoms with Gasteiger partial charge in [0.25, 0.3) is 0 Å². The molecule has 0 bridgehead atoms. The molecule has 2 aromatic carbocycles. The van der Waals surface area contributed by atoms with Crippen molar-refractivity contribution in [2.75, 3.05) is 38.5 Å². The number of nitrogens with one attached hydrogen (secondary N) is 1. The fourth-order valence-electron chi connectivity index (χ4n) is 5.89. The molecule has 2 fully saturated rings. The molecule has 1 N–H and O–H groups in total. The molecule has 6 rings (SSSR count). The maximum atomic E-state index is 13.9. The Hall–Kier alpha value is -4.46. The maximum absolute atomic E-state index is 13.9. The van der Waals surface area contributed by atoms with Crippen LogP contribution in [0.25, 0.3) is 22.0 Å². The lowest BCUT2D eigenvalue weighted by Crippen LogP contribution is -2.41. The Morgan fingerprint density at radius 1 is 1.14 bits per heavy atom. The van der Waals surface area contributed by atoms with Gasteiger partial charge in [-0.1, -0.05) is 30.3 Å². The summed E-state index contributed by atoms with van der Waals surface area (Å²) >= 11 is 6.07. The Bertz CT molecular complexity index is 1750. The van der Waals surface area contributed by atoms with Crippen LogP contribution in [0.1, 0.15) is 37.3 Å². The van der Waals surface area contributed by atoms with Gasteiger partial charge < -0.3 is 19.9 Å². The van der Waals surface area contributed by atoms with E-state index in [2.05, 4.69) is 45.9 Å². The number of amides is 1. The molecule has 0 saturated carbocycles. The van der Waals surface area contributed by atoms with E-state index in [0.717, 1.165) is 37.1 Å². The highest BCUT2D eigenvalue weighted by atomic mass is 35.5. The lowest BCUT2D eigenvalue weighted by Gasteiger charge is -2.31. The Balaban J connectivity index is 1.36. The molecular weight excluding hydrogens is 581 g/mol. The molecule has 11 heteroatoms. The van der Waals surface area contributed by atoms with Gasteiger partial charge in [-0.25, -0.2) is 9.37 Å². The molecule has 226 valence electrons. The van der Waals surface area contributed by atoms with Crippen molar-refractivity contribution in [1.29, 1.82) is 5.26 Å². The number of nitrogens with zero attached hydrogens (tertiary/aromatic N) is 6. The van der Waals surface area contributed by atoms with E-state index in [1.807, 2.05) is 24.4 Å². The van der Waals surface area contributed by atoms with Crippen molar-refractivity contribution in [3.05, 3.63) is 77.9 Å². The van der Waals surface area contributed by atoms with E-state index in [-0.39, 0.29) is 28.5 Å². The van der Waals surface area contributed by atoms with Gasteiger partial charge in [-0.3, -0.25) is 9.48 Å². The largest absolute Gasteiger partial charge is 0.473 e. The number of likely N-dealkylation sites (tertiary alicyclic amines) is 2. The fraction of sp³-hybridized carbons (Fsp3) is 0.333. The molecule has 0 aliphatic carbocycles. The Labute approximate surface area is 260 Å². The van der Waals surface area contributed by atoms with E-state index in [4.69, 9.17) is 21.3 Å². The number of rotatable bonds is 7. The molecule has 1 amide bonds. The van der Waals surface area contributed by atoms with Crippen LogP contribution >= 0.6 is 11.6 Å². The molecule has 2 aliphatic rings. The molecule has 0 atom stereocenters. The Kier molecular flexibility index (Phi) is 8.51. The van der Waals surface area contributed by atoms with Crippen molar-refractivity contribution < 1.29 is 13.9 Å². The first-order valence-corrected chi connectivity index (χ1v) is 15.1. The van der Waals surface area contributed by atoms with Gasteiger partial charge in [0, 0.05) is 48.8 Å². The van der Waals surface area contributed by atoms with Crippen molar-refractivity contribution in [2.24, 2.45) is 0 Å². The van der Waals surface area contributed by atoms with Gasteiger partial charge in [0.15, 0.2) is 0 Å². The summed E-state index contributed by atoms with van der Waals surface area (Å²) in [4.78, 5) is 21.0.